The highest BCUT2D eigenvalue weighted by atomic mass is 79.9. The van der Waals surface area contributed by atoms with E-state index in [0.717, 1.165) is 22.2 Å². The van der Waals surface area contributed by atoms with Crippen molar-refractivity contribution in [2.75, 3.05) is 11.7 Å². The highest BCUT2D eigenvalue weighted by molar-refractivity contribution is 9.10. The van der Waals surface area contributed by atoms with Crippen molar-refractivity contribution in [3.8, 4) is 17.6 Å². The zero-order chi connectivity index (χ0) is 20.8. The number of benzene rings is 1. The lowest BCUT2D eigenvalue weighted by molar-refractivity contribution is -0.116. The number of aromatic nitrogens is 1. The number of rotatable bonds is 2. The largest absolute Gasteiger partial charge is 0.454 e. The van der Waals surface area contributed by atoms with Gasteiger partial charge in [-0.3, -0.25) is 9.69 Å². The Bertz CT molecular complexity index is 1160. The van der Waals surface area contributed by atoms with Gasteiger partial charge in [0.25, 0.3) is 0 Å². The van der Waals surface area contributed by atoms with Crippen LogP contribution in [0.4, 0.5) is 5.82 Å². The van der Waals surface area contributed by atoms with E-state index in [-0.39, 0.29) is 12.6 Å². The van der Waals surface area contributed by atoms with Gasteiger partial charge in [0, 0.05) is 28.4 Å². The smallest absolute Gasteiger partial charge is 0.231 e. The van der Waals surface area contributed by atoms with Crippen LogP contribution in [0.3, 0.4) is 0 Å². The van der Waals surface area contributed by atoms with E-state index in [1.54, 1.807) is 17.2 Å². The molecule has 150 valence electrons. The van der Waals surface area contributed by atoms with E-state index in [4.69, 9.17) is 15.2 Å². The number of anilines is 1. The zero-order valence-electron chi connectivity index (χ0n) is 15.9. The van der Waals surface area contributed by atoms with E-state index < -0.39 is 5.92 Å². The van der Waals surface area contributed by atoms with E-state index >= 15 is 0 Å². The van der Waals surface area contributed by atoms with E-state index in [1.165, 1.54) is 0 Å². The molecule has 1 aliphatic carbocycles. The Balaban J connectivity index is 1.72. The van der Waals surface area contributed by atoms with Gasteiger partial charge in [-0.05, 0) is 58.6 Å². The summed E-state index contributed by atoms with van der Waals surface area (Å²) < 4.78 is 11.7. The number of ether oxygens (including phenoxy) is 2. The van der Waals surface area contributed by atoms with Gasteiger partial charge < -0.3 is 15.2 Å². The first kappa shape index (κ1) is 18.7. The van der Waals surface area contributed by atoms with Gasteiger partial charge in [-0.2, -0.15) is 5.26 Å². The summed E-state index contributed by atoms with van der Waals surface area (Å²) >= 11 is 3.39. The van der Waals surface area contributed by atoms with Gasteiger partial charge in [-0.1, -0.05) is 6.07 Å². The number of carbonyl (C=O) groups excluding carboxylic acids is 1. The first-order valence-corrected chi connectivity index (χ1v) is 10.3. The summed E-state index contributed by atoms with van der Waals surface area (Å²) in [4.78, 5) is 19.3. The van der Waals surface area contributed by atoms with Gasteiger partial charge in [0.15, 0.2) is 17.3 Å². The Morgan fingerprint density at radius 2 is 2.03 bits per heavy atom. The fourth-order valence-corrected chi connectivity index (χ4v) is 4.51. The number of nitrogens with two attached hydrogens (primary N) is 1. The molecular weight excluding hydrogens is 448 g/mol. The van der Waals surface area contributed by atoms with E-state index in [2.05, 4.69) is 27.0 Å². The molecule has 1 aromatic heterocycles. The second-order valence-electron chi connectivity index (χ2n) is 7.26. The number of allylic oxidation sites excluding steroid dienone is 3. The molecule has 0 amide bonds. The van der Waals surface area contributed by atoms with Gasteiger partial charge >= 0.3 is 0 Å². The molecular formula is C22H17BrN4O3. The minimum Gasteiger partial charge on any atom is -0.454 e. The molecule has 0 radical (unpaired) electrons. The van der Waals surface area contributed by atoms with Crippen molar-refractivity contribution in [1.29, 1.82) is 5.26 Å². The summed E-state index contributed by atoms with van der Waals surface area (Å²) in [6.45, 7) is 0.155. The van der Waals surface area contributed by atoms with Crippen molar-refractivity contribution < 1.29 is 14.3 Å². The summed E-state index contributed by atoms with van der Waals surface area (Å²) in [7, 11) is 0. The molecule has 1 aromatic carbocycles. The fourth-order valence-electron chi connectivity index (χ4n) is 4.27. The Labute approximate surface area is 181 Å². The second-order valence-corrected chi connectivity index (χ2v) is 8.18. The lowest BCUT2D eigenvalue weighted by Crippen LogP contribution is -2.39. The van der Waals surface area contributed by atoms with Gasteiger partial charge in [-0.25, -0.2) is 4.98 Å². The Morgan fingerprint density at radius 1 is 1.20 bits per heavy atom. The van der Waals surface area contributed by atoms with Crippen LogP contribution in [0, 0.1) is 11.3 Å². The predicted octanol–water partition coefficient (Wildman–Crippen LogP) is 3.88. The molecule has 0 spiro atoms. The average Bonchev–Trinajstić information content (AvgIpc) is 3.22. The minimum atomic E-state index is -0.543. The van der Waals surface area contributed by atoms with E-state index in [1.807, 2.05) is 24.3 Å². The molecule has 0 saturated carbocycles. The molecule has 3 aliphatic rings. The number of fused-ring (bicyclic) bond motifs is 1. The molecule has 8 heteroatoms. The Kier molecular flexibility index (Phi) is 4.48. The van der Waals surface area contributed by atoms with Crippen LogP contribution in [0.5, 0.6) is 11.5 Å². The predicted molar refractivity (Wildman–Crippen MR) is 112 cm³/mol. The van der Waals surface area contributed by atoms with Gasteiger partial charge in [-0.15, -0.1) is 0 Å². The first-order chi connectivity index (χ1) is 14.6. The summed E-state index contributed by atoms with van der Waals surface area (Å²) in [5.41, 5.74) is 9.05. The van der Waals surface area contributed by atoms with Crippen molar-refractivity contribution in [3.05, 3.63) is 69.2 Å². The molecule has 7 nitrogen and oxygen atoms in total. The molecule has 0 fully saturated rings. The number of Topliss-reactive ketones (excluding diaryl/α,β-unsaturated/α-hetero) is 1. The Morgan fingerprint density at radius 3 is 2.80 bits per heavy atom. The number of ketones is 1. The molecule has 0 bridgehead atoms. The highest BCUT2D eigenvalue weighted by Crippen LogP contribution is 2.47. The van der Waals surface area contributed by atoms with Crippen LogP contribution in [0.15, 0.2) is 63.7 Å². The maximum atomic E-state index is 13.1. The van der Waals surface area contributed by atoms with Crippen molar-refractivity contribution in [2.45, 2.75) is 25.2 Å². The molecule has 1 unspecified atom stereocenters. The number of carbonyl (C=O) groups is 1. The first-order valence-electron chi connectivity index (χ1n) is 9.55. The second kappa shape index (κ2) is 7.18. The standard InChI is InChI=1S/C22H17BrN4O3/c23-13-5-7-19(26-10-13)27-15-2-1-3-16(28)21(15)20(14(9-24)22(27)25)12-4-6-17-18(8-12)30-11-29-17/h4-8,10,20H,1-3,11,25H2. The summed E-state index contributed by atoms with van der Waals surface area (Å²) in [6.07, 6.45) is 3.52. The van der Waals surface area contributed by atoms with Gasteiger partial charge in [0.2, 0.25) is 6.79 Å². The molecule has 2 N–H and O–H groups in total. The van der Waals surface area contributed by atoms with Crippen molar-refractivity contribution >= 4 is 27.5 Å². The van der Waals surface area contributed by atoms with Crippen LogP contribution in [-0.4, -0.2) is 17.6 Å². The molecule has 3 heterocycles. The fraction of sp³-hybridized carbons (Fsp3) is 0.227. The minimum absolute atomic E-state index is 0.0290. The number of hydrogen-bond donors (Lipinski definition) is 1. The third-order valence-corrected chi connectivity index (χ3v) is 6.05. The molecule has 2 aliphatic heterocycles. The van der Waals surface area contributed by atoms with Crippen molar-refractivity contribution in [3.63, 3.8) is 0 Å². The van der Waals surface area contributed by atoms with Crippen molar-refractivity contribution in [2.24, 2.45) is 5.73 Å². The van der Waals surface area contributed by atoms with Crippen molar-refractivity contribution in [1.82, 2.24) is 4.98 Å². The molecule has 2 aromatic rings. The third-order valence-electron chi connectivity index (χ3n) is 5.58. The summed E-state index contributed by atoms with van der Waals surface area (Å²) in [5, 5.41) is 10.0. The number of halogens is 1. The van der Waals surface area contributed by atoms with Crippen LogP contribution < -0.4 is 20.1 Å². The van der Waals surface area contributed by atoms with Gasteiger partial charge in [0.1, 0.15) is 11.6 Å². The maximum absolute atomic E-state index is 13.1. The number of nitriles is 1. The zero-order valence-corrected chi connectivity index (χ0v) is 17.5. The maximum Gasteiger partial charge on any atom is 0.231 e. The van der Waals surface area contributed by atoms with Crippen LogP contribution in [0.25, 0.3) is 0 Å². The lowest BCUT2D eigenvalue weighted by atomic mass is 9.75. The molecule has 0 saturated heterocycles. The highest BCUT2D eigenvalue weighted by Gasteiger charge is 2.41. The lowest BCUT2D eigenvalue weighted by Gasteiger charge is -2.39. The van der Waals surface area contributed by atoms with Crippen LogP contribution in [0.2, 0.25) is 0 Å². The SMILES string of the molecule is N#CC1=C(N)N(c2ccc(Br)cn2)C2=C(C(=O)CCC2)C1c1ccc2c(c1)OCO2. The number of hydrogen-bond acceptors (Lipinski definition) is 7. The normalized spacial score (nSPS) is 20.3. The number of nitrogens with zero attached hydrogens (tertiary/aromatic N) is 3. The molecule has 5 rings (SSSR count). The number of pyridine rings is 1. The topological polar surface area (TPSA) is 101 Å². The van der Waals surface area contributed by atoms with Gasteiger partial charge in [0.05, 0.1) is 17.6 Å². The monoisotopic (exact) mass is 464 g/mol. The van der Waals surface area contributed by atoms with E-state index in [0.29, 0.717) is 47.1 Å². The van der Waals surface area contributed by atoms with Crippen LogP contribution in [0.1, 0.15) is 30.7 Å². The Hall–Kier alpha value is -3.31. The molecule has 30 heavy (non-hydrogen) atoms. The van der Waals surface area contributed by atoms with Crippen LogP contribution >= 0.6 is 15.9 Å². The molecule has 1 atom stereocenters. The summed E-state index contributed by atoms with van der Waals surface area (Å²) in [6, 6.07) is 11.4. The van der Waals surface area contributed by atoms with E-state index in [9.17, 15) is 10.1 Å². The third kappa shape index (κ3) is 2.85. The quantitative estimate of drug-likeness (QED) is 0.719. The summed E-state index contributed by atoms with van der Waals surface area (Å²) in [5.74, 6) is 1.61. The average molecular weight is 465 g/mol. The van der Waals surface area contributed by atoms with Crippen LogP contribution in [-0.2, 0) is 4.79 Å².